The number of carbonyl (C=O) groups excluding carboxylic acids is 1. The van der Waals surface area contributed by atoms with E-state index in [0.29, 0.717) is 6.54 Å². The van der Waals surface area contributed by atoms with Crippen LogP contribution in [0.3, 0.4) is 0 Å². The summed E-state index contributed by atoms with van der Waals surface area (Å²) < 4.78 is 0. The quantitative estimate of drug-likeness (QED) is 0.780. The minimum absolute atomic E-state index is 0.138. The second-order valence-electron chi connectivity index (χ2n) is 8.27. The number of hydrogen-bond donors (Lipinski definition) is 0. The lowest BCUT2D eigenvalue weighted by molar-refractivity contribution is 0.0847. The van der Waals surface area contributed by atoms with E-state index in [-0.39, 0.29) is 11.2 Å². The van der Waals surface area contributed by atoms with E-state index < -0.39 is 0 Å². The molecule has 1 saturated carbocycles. The zero-order valence-corrected chi connectivity index (χ0v) is 14.8. The Morgan fingerprint density at radius 3 is 2.09 bits per heavy atom. The number of ketones is 1. The number of benzene rings is 1. The lowest BCUT2D eigenvalue weighted by atomic mass is 9.86. The Hall–Kier alpha value is -1.19. The molecule has 3 rings (SSSR count). The third-order valence-electron chi connectivity index (χ3n) is 5.12. The summed E-state index contributed by atoms with van der Waals surface area (Å²) in [6, 6.07) is 8.18. The molecule has 1 saturated heterocycles. The number of carbonyl (C=O) groups is 1. The van der Waals surface area contributed by atoms with E-state index in [0.717, 1.165) is 37.7 Å². The molecule has 1 aromatic rings. The van der Waals surface area contributed by atoms with Gasteiger partial charge in [0.05, 0.1) is 6.54 Å². The fourth-order valence-corrected chi connectivity index (χ4v) is 3.25. The van der Waals surface area contributed by atoms with Crippen LogP contribution >= 0.6 is 0 Å². The molecule has 0 bridgehead atoms. The van der Waals surface area contributed by atoms with E-state index >= 15 is 0 Å². The van der Waals surface area contributed by atoms with Crippen molar-refractivity contribution in [3.8, 4) is 0 Å². The summed E-state index contributed by atoms with van der Waals surface area (Å²) in [4.78, 5) is 17.4. The van der Waals surface area contributed by atoms with E-state index in [1.54, 1.807) is 0 Å². The summed E-state index contributed by atoms with van der Waals surface area (Å²) in [7, 11) is 0. The van der Waals surface area contributed by atoms with Gasteiger partial charge < -0.3 is 4.90 Å². The Morgan fingerprint density at radius 2 is 1.57 bits per heavy atom. The second-order valence-corrected chi connectivity index (χ2v) is 8.27. The van der Waals surface area contributed by atoms with Crippen LogP contribution in [0.15, 0.2) is 24.3 Å². The Balaban J connectivity index is 1.49. The van der Waals surface area contributed by atoms with E-state index in [1.807, 2.05) is 12.1 Å². The molecule has 1 heterocycles. The van der Waals surface area contributed by atoms with Crippen molar-refractivity contribution in [1.82, 2.24) is 9.80 Å². The Kier molecular flexibility index (Phi) is 4.88. The molecule has 0 amide bonds. The van der Waals surface area contributed by atoms with Crippen molar-refractivity contribution in [3.63, 3.8) is 0 Å². The van der Waals surface area contributed by atoms with Crippen LogP contribution in [0.2, 0.25) is 0 Å². The lowest BCUT2D eigenvalue weighted by Crippen LogP contribution is -2.48. The van der Waals surface area contributed by atoms with Gasteiger partial charge in [-0.2, -0.15) is 0 Å². The summed E-state index contributed by atoms with van der Waals surface area (Å²) in [6.45, 7) is 12.7. The van der Waals surface area contributed by atoms with E-state index in [4.69, 9.17) is 0 Å². The Morgan fingerprint density at radius 1 is 1.00 bits per heavy atom. The topological polar surface area (TPSA) is 23.6 Å². The molecule has 1 aliphatic heterocycles. The number of rotatable bonds is 5. The van der Waals surface area contributed by atoms with Crippen molar-refractivity contribution < 1.29 is 4.79 Å². The van der Waals surface area contributed by atoms with Gasteiger partial charge >= 0.3 is 0 Å². The molecule has 0 radical (unpaired) electrons. The molecule has 0 unspecified atom stereocenters. The van der Waals surface area contributed by atoms with Crippen LogP contribution in [-0.2, 0) is 5.41 Å². The second kappa shape index (κ2) is 6.74. The molecule has 0 aromatic heterocycles. The molecule has 3 nitrogen and oxygen atoms in total. The zero-order valence-electron chi connectivity index (χ0n) is 14.8. The highest BCUT2D eigenvalue weighted by Crippen LogP contribution is 2.30. The van der Waals surface area contributed by atoms with E-state index in [1.165, 1.54) is 24.9 Å². The van der Waals surface area contributed by atoms with Gasteiger partial charge in [0.25, 0.3) is 0 Å². The van der Waals surface area contributed by atoms with Gasteiger partial charge in [0.1, 0.15) is 0 Å². The average molecular weight is 314 g/mol. The smallest absolute Gasteiger partial charge is 0.176 e. The Bertz CT molecular complexity index is 532. The first-order valence-corrected chi connectivity index (χ1v) is 9.00. The van der Waals surface area contributed by atoms with Crippen LogP contribution in [0.25, 0.3) is 0 Å². The largest absolute Gasteiger partial charge is 0.301 e. The number of piperazine rings is 1. The fraction of sp³-hybridized carbons (Fsp3) is 0.650. The normalized spacial score (nSPS) is 20.7. The van der Waals surface area contributed by atoms with Crippen LogP contribution in [0.5, 0.6) is 0 Å². The first-order valence-electron chi connectivity index (χ1n) is 9.00. The maximum absolute atomic E-state index is 12.5. The highest BCUT2D eigenvalue weighted by Gasteiger charge is 2.27. The van der Waals surface area contributed by atoms with Gasteiger partial charge in [-0.1, -0.05) is 45.0 Å². The maximum Gasteiger partial charge on any atom is 0.176 e. The molecule has 0 N–H and O–H groups in total. The van der Waals surface area contributed by atoms with Gasteiger partial charge in [-0.3, -0.25) is 9.69 Å². The summed E-state index contributed by atoms with van der Waals surface area (Å²) in [5.41, 5.74) is 2.26. The molecule has 0 atom stereocenters. The van der Waals surface area contributed by atoms with E-state index in [9.17, 15) is 4.79 Å². The van der Waals surface area contributed by atoms with Crippen LogP contribution in [0, 0.1) is 5.92 Å². The van der Waals surface area contributed by atoms with Gasteiger partial charge in [-0.05, 0) is 29.7 Å². The predicted molar refractivity (Wildman–Crippen MR) is 95.1 cm³/mol. The van der Waals surface area contributed by atoms with Gasteiger partial charge in [-0.15, -0.1) is 0 Å². The first-order chi connectivity index (χ1) is 10.9. The van der Waals surface area contributed by atoms with Crippen LogP contribution in [-0.4, -0.2) is 54.9 Å². The molecule has 0 spiro atoms. The molecule has 3 heteroatoms. The summed E-state index contributed by atoms with van der Waals surface area (Å²) in [6.07, 6.45) is 2.84. The fourth-order valence-electron chi connectivity index (χ4n) is 3.25. The highest BCUT2D eigenvalue weighted by atomic mass is 16.1. The minimum atomic E-state index is 0.138. The summed E-state index contributed by atoms with van der Waals surface area (Å²) in [5, 5.41) is 0. The maximum atomic E-state index is 12.5. The molecule has 23 heavy (non-hydrogen) atoms. The van der Waals surface area contributed by atoms with Gasteiger partial charge in [0.15, 0.2) is 5.78 Å². The molecule has 1 aliphatic carbocycles. The highest BCUT2D eigenvalue weighted by molar-refractivity contribution is 5.97. The molecule has 2 fully saturated rings. The average Bonchev–Trinajstić information content (AvgIpc) is 3.32. The molecular weight excluding hydrogens is 284 g/mol. The van der Waals surface area contributed by atoms with Crippen molar-refractivity contribution in [2.24, 2.45) is 5.92 Å². The predicted octanol–water partition coefficient (Wildman–Crippen LogP) is 3.19. The summed E-state index contributed by atoms with van der Waals surface area (Å²) in [5.74, 6) is 1.21. The van der Waals surface area contributed by atoms with E-state index in [2.05, 4.69) is 42.7 Å². The lowest BCUT2D eigenvalue weighted by Gasteiger charge is -2.34. The first kappa shape index (κ1) is 16.7. The molecule has 126 valence electrons. The van der Waals surface area contributed by atoms with Gasteiger partial charge in [0, 0.05) is 38.3 Å². The van der Waals surface area contributed by atoms with Gasteiger partial charge in [-0.25, -0.2) is 0 Å². The number of nitrogens with zero attached hydrogens (tertiary/aromatic N) is 2. The number of hydrogen-bond acceptors (Lipinski definition) is 3. The van der Waals surface area contributed by atoms with Gasteiger partial charge in [0.2, 0.25) is 0 Å². The standard InChI is InChI=1S/C20H30N2O/c1-20(2,3)18-8-6-17(7-9-18)19(23)15-22-12-10-21(11-13-22)14-16-4-5-16/h6-9,16H,4-5,10-15H2,1-3H3. The zero-order chi connectivity index (χ0) is 16.4. The SMILES string of the molecule is CC(C)(C)c1ccc(C(=O)CN2CCN(CC3CC3)CC2)cc1. The van der Waals surface area contributed by atoms with Crippen molar-refractivity contribution in [1.29, 1.82) is 0 Å². The van der Waals surface area contributed by atoms with Crippen LogP contribution in [0.1, 0.15) is 49.5 Å². The van der Waals surface area contributed by atoms with Crippen molar-refractivity contribution in [3.05, 3.63) is 35.4 Å². The van der Waals surface area contributed by atoms with Crippen LogP contribution in [0.4, 0.5) is 0 Å². The molecule has 1 aromatic carbocycles. The molecular formula is C20H30N2O. The van der Waals surface area contributed by atoms with Crippen molar-refractivity contribution >= 4 is 5.78 Å². The Labute approximate surface area is 140 Å². The third kappa shape index (κ3) is 4.65. The molecule has 2 aliphatic rings. The van der Waals surface area contributed by atoms with Crippen molar-refractivity contribution in [2.75, 3.05) is 39.3 Å². The van der Waals surface area contributed by atoms with Crippen LogP contribution < -0.4 is 0 Å². The van der Waals surface area contributed by atoms with Crippen molar-refractivity contribution in [2.45, 2.75) is 39.0 Å². The minimum Gasteiger partial charge on any atom is -0.301 e. The third-order valence-corrected chi connectivity index (χ3v) is 5.12. The number of Topliss-reactive ketones (excluding diaryl/α,β-unsaturated/α-hetero) is 1. The monoisotopic (exact) mass is 314 g/mol. The summed E-state index contributed by atoms with van der Waals surface area (Å²) >= 11 is 0.